The molecule has 2 aliphatic rings. The van der Waals surface area contributed by atoms with Gasteiger partial charge in [0, 0.05) is 25.7 Å². The lowest BCUT2D eigenvalue weighted by Crippen LogP contribution is -2.49. The van der Waals surface area contributed by atoms with Crippen LogP contribution in [0.5, 0.6) is 0 Å². The molecule has 2 fully saturated rings. The van der Waals surface area contributed by atoms with Crippen molar-refractivity contribution in [3.8, 4) is 0 Å². The fourth-order valence-electron chi connectivity index (χ4n) is 3.11. The summed E-state index contributed by atoms with van der Waals surface area (Å²) in [6, 6.07) is -0.286. The van der Waals surface area contributed by atoms with E-state index >= 15 is 0 Å². The van der Waals surface area contributed by atoms with Crippen LogP contribution >= 0.6 is 0 Å². The molecule has 1 saturated carbocycles. The lowest BCUT2D eigenvalue weighted by atomic mass is 9.96. The Balaban J connectivity index is 1.77. The molecule has 0 spiro atoms. The van der Waals surface area contributed by atoms with Gasteiger partial charge < -0.3 is 20.2 Å². The number of hydrogen-bond donors (Lipinski definition) is 2. The van der Waals surface area contributed by atoms with Gasteiger partial charge in [0.2, 0.25) is 0 Å². The number of urea groups is 1. The Labute approximate surface area is 126 Å². The highest BCUT2D eigenvalue weighted by Gasteiger charge is 2.35. The third-order valence-corrected chi connectivity index (χ3v) is 4.42. The maximum Gasteiger partial charge on any atom is 0.317 e. The minimum absolute atomic E-state index is 0.0352. The van der Waals surface area contributed by atoms with E-state index in [0.717, 1.165) is 45.3 Å². The number of nitrogens with zero attached hydrogens (tertiary/aromatic N) is 2. The van der Waals surface area contributed by atoms with Crippen molar-refractivity contribution in [1.82, 2.24) is 15.1 Å². The van der Waals surface area contributed by atoms with Gasteiger partial charge in [0.05, 0.1) is 6.42 Å². The molecule has 1 aliphatic carbocycles. The molecule has 1 aliphatic heterocycles. The molecule has 0 aromatic carbocycles. The molecule has 0 bridgehead atoms. The van der Waals surface area contributed by atoms with E-state index in [1.807, 2.05) is 4.90 Å². The number of aliphatic carboxylic acids is 1. The Morgan fingerprint density at radius 3 is 2.33 bits per heavy atom. The van der Waals surface area contributed by atoms with Crippen molar-refractivity contribution in [2.24, 2.45) is 11.8 Å². The highest BCUT2D eigenvalue weighted by atomic mass is 16.4. The predicted octanol–water partition coefficient (Wildman–Crippen LogP) is 1.22. The largest absolute Gasteiger partial charge is 0.481 e. The molecule has 0 aromatic heterocycles. The molecule has 0 aromatic rings. The number of rotatable bonds is 6. The van der Waals surface area contributed by atoms with E-state index < -0.39 is 5.97 Å². The Morgan fingerprint density at radius 2 is 1.86 bits per heavy atom. The van der Waals surface area contributed by atoms with Crippen LogP contribution in [-0.2, 0) is 4.79 Å². The molecule has 0 radical (unpaired) electrons. The average molecular weight is 297 g/mol. The summed E-state index contributed by atoms with van der Waals surface area (Å²) in [6.45, 7) is 2.61. The first kappa shape index (κ1) is 16.1. The number of carbonyl (C=O) groups excluding carboxylic acids is 1. The Kier molecular flexibility index (Phi) is 5.45. The Hall–Kier alpha value is -1.30. The summed E-state index contributed by atoms with van der Waals surface area (Å²) in [5.74, 6) is 0.176. The number of hydrogen-bond acceptors (Lipinski definition) is 3. The molecule has 6 heteroatoms. The number of nitrogens with one attached hydrogen (secondary N) is 1. The zero-order valence-corrected chi connectivity index (χ0v) is 13.0. The molecule has 2 rings (SSSR count). The smallest absolute Gasteiger partial charge is 0.317 e. The van der Waals surface area contributed by atoms with E-state index in [1.54, 1.807) is 0 Å². The van der Waals surface area contributed by atoms with Crippen molar-refractivity contribution >= 4 is 12.0 Å². The summed E-state index contributed by atoms with van der Waals surface area (Å²) in [5.41, 5.74) is 0. The van der Waals surface area contributed by atoms with Crippen LogP contribution in [0.4, 0.5) is 4.79 Å². The van der Waals surface area contributed by atoms with Crippen LogP contribution < -0.4 is 5.32 Å². The number of likely N-dealkylation sites (tertiary alicyclic amines) is 1. The van der Waals surface area contributed by atoms with Gasteiger partial charge in [-0.15, -0.1) is 0 Å². The lowest BCUT2D eigenvalue weighted by molar-refractivity contribution is -0.137. The second-order valence-electron chi connectivity index (χ2n) is 6.68. The van der Waals surface area contributed by atoms with Gasteiger partial charge in [0.15, 0.2) is 0 Å². The van der Waals surface area contributed by atoms with Gasteiger partial charge in [-0.3, -0.25) is 4.79 Å². The topological polar surface area (TPSA) is 72.9 Å². The Bertz CT molecular complexity index is 374. The second kappa shape index (κ2) is 7.11. The van der Waals surface area contributed by atoms with Crippen LogP contribution in [-0.4, -0.2) is 66.7 Å². The normalized spacial score (nSPS) is 21.4. The van der Waals surface area contributed by atoms with E-state index in [2.05, 4.69) is 24.3 Å². The van der Waals surface area contributed by atoms with Crippen LogP contribution in [0, 0.1) is 11.8 Å². The molecule has 2 amide bonds. The Morgan fingerprint density at radius 1 is 1.24 bits per heavy atom. The summed E-state index contributed by atoms with van der Waals surface area (Å²) in [7, 11) is 4.15. The lowest BCUT2D eigenvalue weighted by Gasteiger charge is -2.34. The first-order valence-electron chi connectivity index (χ1n) is 7.87. The first-order chi connectivity index (χ1) is 9.95. The first-order valence-corrected chi connectivity index (χ1v) is 7.87. The van der Waals surface area contributed by atoms with Crippen molar-refractivity contribution < 1.29 is 14.7 Å². The quantitative estimate of drug-likeness (QED) is 0.773. The van der Waals surface area contributed by atoms with Crippen molar-refractivity contribution in [2.75, 3.05) is 33.7 Å². The standard InChI is InChI=1S/C15H27N3O3/c1-17(2)10-11-5-7-18(8-6-11)15(21)16-13(9-14(19)20)12-3-4-12/h11-13H,3-10H2,1-2H3,(H,16,21)(H,19,20). The molecule has 2 N–H and O–H groups in total. The molecular formula is C15H27N3O3. The number of carboxylic acid groups (broad SMARTS) is 1. The maximum absolute atomic E-state index is 12.3. The maximum atomic E-state index is 12.3. The van der Waals surface area contributed by atoms with Crippen molar-refractivity contribution in [1.29, 1.82) is 0 Å². The predicted molar refractivity (Wildman–Crippen MR) is 80.1 cm³/mol. The minimum Gasteiger partial charge on any atom is -0.481 e. The fourth-order valence-corrected chi connectivity index (χ4v) is 3.11. The van der Waals surface area contributed by atoms with Gasteiger partial charge in [-0.2, -0.15) is 0 Å². The van der Waals surface area contributed by atoms with Crippen molar-refractivity contribution in [3.05, 3.63) is 0 Å². The van der Waals surface area contributed by atoms with Gasteiger partial charge in [-0.1, -0.05) is 0 Å². The monoisotopic (exact) mass is 297 g/mol. The third kappa shape index (κ3) is 5.19. The molecular weight excluding hydrogens is 270 g/mol. The zero-order chi connectivity index (χ0) is 15.4. The van der Waals surface area contributed by atoms with Crippen molar-refractivity contribution in [2.45, 2.75) is 38.1 Å². The molecule has 1 atom stereocenters. The third-order valence-electron chi connectivity index (χ3n) is 4.42. The van der Waals surface area contributed by atoms with Crippen LogP contribution in [0.15, 0.2) is 0 Å². The van der Waals surface area contributed by atoms with Crippen LogP contribution in [0.1, 0.15) is 32.1 Å². The molecule has 1 saturated heterocycles. The molecule has 1 heterocycles. The number of piperidine rings is 1. The van der Waals surface area contributed by atoms with Crippen molar-refractivity contribution in [3.63, 3.8) is 0 Å². The molecule has 6 nitrogen and oxygen atoms in total. The van der Waals surface area contributed by atoms with Gasteiger partial charge >= 0.3 is 12.0 Å². The summed E-state index contributed by atoms with van der Waals surface area (Å²) in [5, 5.41) is 11.9. The van der Waals surface area contributed by atoms with Gasteiger partial charge in [-0.05, 0) is 51.6 Å². The number of amides is 2. The van der Waals surface area contributed by atoms with E-state index in [4.69, 9.17) is 5.11 Å². The summed E-state index contributed by atoms with van der Waals surface area (Å²) in [6.07, 6.45) is 4.15. The fraction of sp³-hybridized carbons (Fsp3) is 0.867. The highest BCUT2D eigenvalue weighted by molar-refractivity contribution is 5.76. The molecule has 21 heavy (non-hydrogen) atoms. The SMILES string of the molecule is CN(C)CC1CCN(C(=O)NC(CC(=O)O)C2CC2)CC1. The average Bonchev–Trinajstić information content (AvgIpc) is 3.21. The summed E-state index contributed by atoms with van der Waals surface area (Å²) >= 11 is 0. The summed E-state index contributed by atoms with van der Waals surface area (Å²) in [4.78, 5) is 27.2. The van der Waals surface area contributed by atoms with E-state index in [9.17, 15) is 9.59 Å². The van der Waals surface area contributed by atoms with Gasteiger partial charge in [0.1, 0.15) is 0 Å². The van der Waals surface area contributed by atoms with Crippen LogP contribution in [0.2, 0.25) is 0 Å². The minimum atomic E-state index is -0.836. The number of carbonyl (C=O) groups is 2. The second-order valence-corrected chi connectivity index (χ2v) is 6.68. The van der Waals surface area contributed by atoms with Gasteiger partial charge in [0.25, 0.3) is 0 Å². The molecule has 120 valence electrons. The van der Waals surface area contributed by atoms with Crippen LogP contribution in [0.3, 0.4) is 0 Å². The van der Waals surface area contributed by atoms with E-state index in [1.165, 1.54) is 0 Å². The highest BCUT2D eigenvalue weighted by Crippen LogP contribution is 2.34. The number of carboxylic acids is 1. The van der Waals surface area contributed by atoms with E-state index in [-0.39, 0.29) is 18.5 Å². The summed E-state index contributed by atoms with van der Waals surface area (Å²) < 4.78 is 0. The molecule has 1 unspecified atom stereocenters. The zero-order valence-electron chi connectivity index (χ0n) is 13.0. The van der Waals surface area contributed by atoms with Gasteiger partial charge in [-0.25, -0.2) is 4.79 Å². The van der Waals surface area contributed by atoms with Crippen LogP contribution in [0.25, 0.3) is 0 Å². The van der Waals surface area contributed by atoms with E-state index in [0.29, 0.717) is 11.8 Å².